The largest absolute Gasteiger partial charge is 0.506 e. The highest BCUT2D eigenvalue weighted by molar-refractivity contribution is 9.11. The molecule has 0 radical (unpaired) electrons. The molecule has 0 aromatic heterocycles. The maximum atomic E-state index is 13.0. The second kappa shape index (κ2) is 8.15. The number of hydrogen-bond acceptors (Lipinski definition) is 5. The van der Waals surface area contributed by atoms with Gasteiger partial charge in [0.25, 0.3) is 0 Å². The van der Waals surface area contributed by atoms with Gasteiger partial charge in [0, 0.05) is 27.1 Å². The van der Waals surface area contributed by atoms with Crippen LogP contribution >= 0.6 is 31.9 Å². The van der Waals surface area contributed by atoms with E-state index in [1.54, 1.807) is 30.3 Å². The first-order valence-corrected chi connectivity index (χ1v) is 11.5. The summed E-state index contributed by atoms with van der Waals surface area (Å²) in [4.78, 5) is 13.0. The van der Waals surface area contributed by atoms with Crippen LogP contribution in [0.15, 0.2) is 103 Å². The number of carbonyl (C=O) groups excluding carboxylic acids is 1. The number of aromatic hydroxyl groups is 1. The van der Waals surface area contributed by atoms with Crippen molar-refractivity contribution >= 4 is 43.4 Å². The molecule has 2 N–H and O–H groups in total. The van der Waals surface area contributed by atoms with Crippen LogP contribution in [0.5, 0.6) is 5.75 Å². The number of phenolic OH excluding ortho intramolecular Hbond substituents is 1. The van der Waals surface area contributed by atoms with Crippen LogP contribution in [0.4, 0.5) is 0 Å². The lowest BCUT2D eigenvalue weighted by Gasteiger charge is -2.26. The zero-order valence-corrected chi connectivity index (χ0v) is 19.7. The van der Waals surface area contributed by atoms with Crippen molar-refractivity contribution in [2.45, 2.75) is 12.0 Å². The summed E-state index contributed by atoms with van der Waals surface area (Å²) < 4.78 is 1.33. The van der Waals surface area contributed by atoms with Gasteiger partial charge in [-0.1, -0.05) is 70.5 Å². The normalized spacial score (nSPS) is 19.8. The Morgan fingerprint density at radius 3 is 2.28 bits per heavy atom. The third-order valence-corrected chi connectivity index (χ3v) is 6.74. The highest BCUT2D eigenvalue weighted by Gasteiger charge is 2.36. The molecule has 0 saturated heterocycles. The zero-order valence-electron chi connectivity index (χ0n) is 16.5. The van der Waals surface area contributed by atoms with Crippen molar-refractivity contribution in [2.24, 2.45) is 10.2 Å². The Hall–Kier alpha value is -3.03. The lowest BCUT2D eigenvalue weighted by Crippen LogP contribution is -2.13. The van der Waals surface area contributed by atoms with E-state index >= 15 is 0 Å². The predicted molar refractivity (Wildman–Crippen MR) is 129 cm³/mol. The number of hydrogen-bond donors (Lipinski definition) is 2. The van der Waals surface area contributed by atoms with Gasteiger partial charge in [0.15, 0.2) is 5.78 Å². The van der Waals surface area contributed by atoms with E-state index in [2.05, 4.69) is 42.1 Å². The molecular formula is C25H16Br2N2O3. The maximum absolute atomic E-state index is 13.0. The lowest BCUT2D eigenvalue weighted by molar-refractivity contribution is 0.103. The standard InChI is InChI=1S/C25H16Br2N2O3/c26-14-10-18(23(30)19(27)11-14)22-17(13-6-2-1-3-7-13)12-20(28-29-22)21-24(31)15-8-4-5-9-16(15)25(21)32/h1-12,17,22,30-31H/t17-,22-/m0/s1. The van der Waals surface area contributed by atoms with Gasteiger partial charge in [0.1, 0.15) is 17.6 Å². The summed E-state index contributed by atoms with van der Waals surface area (Å²) in [7, 11) is 0. The van der Waals surface area contributed by atoms with E-state index < -0.39 is 6.04 Å². The van der Waals surface area contributed by atoms with E-state index in [-0.39, 0.29) is 28.8 Å². The van der Waals surface area contributed by atoms with Crippen LogP contribution in [-0.4, -0.2) is 16.0 Å². The number of ketones is 1. The first-order valence-electron chi connectivity index (χ1n) is 9.89. The van der Waals surface area contributed by atoms with Crippen molar-refractivity contribution < 1.29 is 15.0 Å². The van der Waals surface area contributed by atoms with Crippen LogP contribution < -0.4 is 0 Å². The lowest BCUT2D eigenvalue weighted by atomic mass is 9.85. The van der Waals surface area contributed by atoms with E-state index in [0.29, 0.717) is 26.9 Å². The Bertz CT molecular complexity index is 1350. The van der Waals surface area contributed by atoms with E-state index in [4.69, 9.17) is 0 Å². The second-order valence-electron chi connectivity index (χ2n) is 7.57. The molecule has 0 fully saturated rings. The number of nitrogens with zero attached hydrogens (tertiary/aromatic N) is 2. The van der Waals surface area contributed by atoms with Gasteiger partial charge < -0.3 is 10.2 Å². The van der Waals surface area contributed by atoms with Crippen molar-refractivity contribution in [1.29, 1.82) is 0 Å². The highest BCUT2D eigenvalue weighted by atomic mass is 79.9. The van der Waals surface area contributed by atoms with Gasteiger partial charge in [0.2, 0.25) is 0 Å². The van der Waals surface area contributed by atoms with Crippen molar-refractivity contribution in [3.05, 3.63) is 115 Å². The third kappa shape index (κ3) is 3.42. The van der Waals surface area contributed by atoms with Crippen LogP contribution in [0, 0.1) is 0 Å². The van der Waals surface area contributed by atoms with Crippen LogP contribution in [0.2, 0.25) is 0 Å². The molecule has 2 atom stereocenters. The summed E-state index contributed by atoms with van der Waals surface area (Å²) in [5.74, 6) is -0.593. The van der Waals surface area contributed by atoms with Crippen molar-refractivity contribution in [1.82, 2.24) is 0 Å². The molecule has 0 spiro atoms. The van der Waals surface area contributed by atoms with Crippen molar-refractivity contribution in [2.75, 3.05) is 0 Å². The molecule has 0 unspecified atom stereocenters. The smallest absolute Gasteiger partial charge is 0.199 e. The quantitative estimate of drug-likeness (QED) is 0.359. The fourth-order valence-electron chi connectivity index (χ4n) is 4.15. The molecule has 32 heavy (non-hydrogen) atoms. The highest BCUT2D eigenvalue weighted by Crippen LogP contribution is 2.47. The van der Waals surface area contributed by atoms with Crippen LogP contribution in [-0.2, 0) is 0 Å². The molecule has 0 amide bonds. The number of aliphatic hydroxyl groups excluding tert-OH is 1. The van der Waals surface area contributed by atoms with Crippen LogP contribution in [0.3, 0.4) is 0 Å². The number of carbonyl (C=O) groups is 1. The monoisotopic (exact) mass is 550 g/mol. The van der Waals surface area contributed by atoms with Gasteiger partial charge in [0.05, 0.1) is 15.7 Å². The summed E-state index contributed by atoms with van der Waals surface area (Å²) in [6, 6.07) is 19.7. The topological polar surface area (TPSA) is 82.2 Å². The average Bonchev–Trinajstić information content (AvgIpc) is 3.07. The van der Waals surface area contributed by atoms with Gasteiger partial charge in [-0.05, 0) is 39.7 Å². The molecule has 1 aliphatic carbocycles. The Morgan fingerprint density at radius 2 is 1.56 bits per heavy atom. The summed E-state index contributed by atoms with van der Waals surface area (Å²) >= 11 is 6.86. The SMILES string of the molecule is O=C1C(C2=C[C@@H](c3ccccc3)[C@@H](c3cc(Br)cc(Br)c3O)N=N2)=C(O)c2ccccc21. The van der Waals surface area contributed by atoms with E-state index in [0.717, 1.165) is 10.0 Å². The van der Waals surface area contributed by atoms with Crippen molar-refractivity contribution in [3.8, 4) is 5.75 Å². The number of aliphatic hydroxyl groups is 1. The second-order valence-corrected chi connectivity index (χ2v) is 9.34. The summed E-state index contributed by atoms with van der Waals surface area (Å²) in [5.41, 5.74) is 2.96. The molecule has 2 aliphatic rings. The fourth-order valence-corrected chi connectivity index (χ4v) is 5.41. The molecule has 158 valence electrons. The molecule has 0 saturated carbocycles. The number of allylic oxidation sites excluding steroid dienone is 1. The minimum Gasteiger partial charge on any atom is -0.506 e. The van der Waals surface area contributed by atoms with Crippen LogP contribution in [0.1, 0.15) is 39.0 Å². The minimum absolute atomic E-state index is 0.0846. The van der Waals surface area contributed by atoms with Gasteiger partial charge in [-0.15, -0.1) is 0 Å². The number of halogens is 2. The van der Waals surface area contributed by atoms with Crippen molar-refractivity contribution in [3.63, 3.8) is 0 Å². The molecule has 5 rings (SSSR count). The molecule has 1 heterocycles. The Balaban J connectivity index is 1.64. The van der Waals surface area contributed by atoms with Gasteiger partial charge in [-0.2, -0.15) is 10.2 Å². The van der Waals surface area contributed by atoms with Gasteiger partial charge in [-0.3, -0.25) is 4.79 Å². The molecule has 5 nitrogen and oxygen atoms in total. The number of phenols is 1. The van der Waals surface area contributed by atoms with E-state index in [9.17, 15) is 15.0 Å². The van der Waals surface area contributed by atoms with Gasteiger partial charge in [-0.25, -0.2) is 0 Å². The molecule has 3 aromatic carbocycles. The van der Waals surface area contributed by atoms with E-state index in [1.165, 1.54) is 0 Å². The molecule has 1 aliphatic heterocycles. The summed E-state index contributed by atoms with van der Waals surface area (Å²) in [5, 5.41) is 30.4. The fraction of sp³-hybridized carbons (Fsp3) is 0.0800. The Kier molecular flexibility index (Phi) is 5.31. The van der Waals surface area contributed by atoms with Crippen LogP contribution in [0.25, 0.3) is 5.76 Å². The maximum Gasteiger partial charge on any atom is 0.199 e. The first kappa shape index (κ1) is 20.8. The first-order chi connectivity index (χ1) is 15.5. The molecule has 0 bridgehead atoms. The number of Topliss-reactive ketones (excluding diaryl/α,β-unsaturated/α-hetero) is 1. The Labute approximate surface area is 201 Å². The number of azo groups is 1. The predicted octanol–water partition coefficient (Wildman–Crippen LogP) is 7.26. The zero-order chi connectivity index (χ0) is 22.4. The van der Waals surface area contributed by atoms with E-state index in [1.807, 2.05) is 42.5 Å². The molecule has 7 heteroatoms. The number of fused-ring (bicyclic) bond motifs is 1. The summed E-state index contributed by atoms with van der Waals surface area (Å²) in [6.07, 6.45) is 1.84. The number of benzene rings is 3. The summed E-state index contributed by atoms with van der Waals surface area (Å²) in [6.45, 7) is 0. The van der Waals surface area contributed by atoms with Gasteiger partial charge >= 0.3 is 0 Å². The Morgan fingerprint density at radius 1 is 0.875 bits per heavy atom. The molecular weight excluding hydrogens is 536 g/mol. The number of rotatable bonds is 3. The third-order valence-electron chi connectivity index (χ3n) is 5.68. The molecule has 3 aromatic rings. The average molecular weight is 552 g/mol. The minimum atomic E-state index is -0.517.